The molecule has 13 atom stereocenters. The molecule has 0 unspecified atom stereocenters. The van der Waals surface area contributed by atoms with Crippen molar-refractivity contribution in [1.82, 2.24) is 35.6 Å². The molecule has 0 aromatic heterocycles. The van der Waals surface area contributed by atoms with Crippen LogP contribution in [0.1, 0.15) is 139 Å². The van der Waals surface area contributed by atoms with Crippen molar-refractivity contribution >= 4 is 59.1 Å². The highest BCUT2D eigenvalue weighted by atomic mass is 16.6. The number of methoxy groups -OCH3 is 1. The topological polar surface area (TPSA) is 277 Å². The van der Waals surface area contributed by atoms with E-state index in [1.807, 2.05) is 58.0 Å². The number of aliphatic hydroxyl groups is 1. The molecule has 4 N–H and O–H groups in total. The largest absolute Gasteiger partial charge is 0.497 e. The molecule has 22 nitrogen and oxygen atoms in total. The van der Waals surface area contributed by atoms with Crippen molar-refractivity contribution in [1.29, 1.82) is 0 Å². The van der Waals surface area contributed by atoms with Crippen LogP contribution < -0.4 is 20.7 Å². The van der Waals surface area contributed by atoms with E-state index in [0.717, 1.165) is 5.56 Å². The zero-order valence-corrected chi connectivity index (χ0v) is 52.9. The highest BCUT2D eigenvalue weighted by molar-refractivity contribution is 6.05. The lowest BCUT2D eigenvalue weighted by Gasteiger charge is -2.36. The number of rotatable bonds is 18. The summed E-state index contributed by atoms with van der Waals surface area (Å²) in [6.07, 6.45) is -4.40. The molecular weight excluding hydrogens is 1110 g/mol. The summed E-state index contributed by atoms with van der Waals surface area (Å²) < 4.78 is 23.3. The molecule has 0 spiro atoms. The fourth-order valence-electron chi connectivity index (χ4n) is 11.4. The number of ketones is 1. The molecule has 2 aromatic rings. The Morgan fingerprint density at radius 1 is 0.814 bits per heavy atom. The number of carbonyl (C=O) groups is 10. The zero-order chi connectivity index (χ0) is 63.9. The van der Waals surface area contributed by atoms with Gasteiger partial charge in [0.25, 0.3) is 5.91 Å². The molecule has 2 aromatic carbocycles. The molecule has 0 radical (unpaired) electrons. The Labute approximate surface area is 507 Å². The molecule has 3 aliphatic rings. The van der Waals surface area contributed by atoms with Gasteiger partial charge in [-0.1, -0.05) is 104 Å². The van der Waals surface area contributed by atoms with Crippen molar-refractivity contribution in [2.75, 3.05) is 34.3 Å². The normalized spacial score (nSPS) is 26.3. The number of nitrogens with one attached hydrogen (secondary N) is 3. The maximum absolute atomic E-state index is 15.2. The number of carbonyl (C=O) groups excluding carboxylic acids is 10. The molecule has 0 saturated carbocycles. The Morgan fingerprint density at radius 2 is 1.47 bits per heavy atom. The van der Waals surface area contributed by atoms with Crippen LogP contribution in [-0.4, -0.2) is 185 Å². The maximum atomic E-state index is 15.2. The first-order valence-corrected chi connectivity index (χ1v) is 30.6. The molecule has 3 heterocycles. The van der Waals surface area contributed by atoms with Gasteiger partial charge in [-0.3, -0.25) is 43.2 Å². The third-order valence-corrected chi connectivity index (χ3v) is 16.8. The van der Waals surface area contributed by atoms with Crippen LogP contribution in [0.5, 0.6) is 5.75 Å². The number of likely N-dealkylation sites (tertiary alicyclic amines) is 1. The van der Waals surface area contributed by atoms with Crippen LogP contribution in [0.15, 0.2) is 54.6 Å². The number of ether oxygens (including phenoxy) is 4. The van der Waals surface area contributed by atoms with E-state index in [-0.39, 0.29) is 57.2 Å². The van der Waals surface area contributed by atoms with Gasteiger partial charge in [0.05, 0.1) is 38.2 Å². The van der Waals surface area contributed by atoms with E-state index in [4.69, 9.17) is 18.9 Å². The molecule has 476 valence electrons. The highest BCUT2D eigenvalue weighted by Gasteiger charge is 2.46. The van der Waals surface area contributed by atoms with Crippen LogP contribution in [0.25, 0.3) is 0 Å². The molecule has 0 aliphatic carbocycles. The lowest BCUT2D eigenvalue weighted by atomic mass is 9.91. The number of aliphatic hydroxyl groups excluding tert-OH is 1. The summed E-state index contributed by atoms with van der Waals surface area (Å²) in [5.41, 5.74) is 1.44. The summed E-state index contributed by atoms with van der Waals surface area (Å²) in [7, 11) is 4.36. The first kappa shape index (κ1) is 69.8. The van der Waals surface area contributed by atoms with Crippen molar-refractivity contribution in [2.45, 2.75) is 207 Å². The second-order valence-corrected chi connectivity index (χ2v) is 24.7. The van der Waals surface area contributed by atoms with E-state index in [1.165, 1.54) is 54.7 Å². The Hall–Kier alpha value is -6.94. The number of benzene rings is 2. The number of hydrogen-bond acceptors (Lipinski definition) is 15. The Bertz CT molecular complexity index is 2670. The lowest BCUT2D eigenvalue weighted by molar-refractivity contribution is -0.163. The van der Waals surface area contributed by atoms with Gasteiger partial charge in [-0.15, -0.1) is 0 Å². The minimum atomic E-state index is -1.76. The molecule has 86 heavy (non-hydrogen) atoms. The van der Waals surface area contributed by atoms with E-state index in [1.54, 1.807) is 58.9 Å². The first-order chi connectivity index (χ1) is 40.6. The molecule has 7 amide bonds. The van der Waals surface area contributed by atoms with Crippen molar-refractivity contribution < 1.29 is 72.0 Å². The number of esters is 2. The average molecular weight is 1200 g/mol. The van der Waals surface area contributed by atoms with E-state index >= 15 is 14.4 Å². The van der Waals surface area contributed by atoms with Crippen LogP contribution >= 0.6 is 0 Å². The third kappa shape index (κ3) is 18.3. The monoisotopic (exact) mass is 1200 g/mol. The predicted molar refractivity (Wildman–Crippen MR) is 319 cm³/mol. The first-order valence-electron chi connectivity index (χ1n) is 30.6. The Kier molecular flexibility index (Phi) is 26.1. The average Bonchev–Trinajstić information content (AvgIpc) is 2.79. The van der Waals surface area contributed by atoms with Gasteiger partial charge in [-0.2, -0.15) is 0 Å². The van der Waals surface area contributed by atoms with Gasteiger partial charge in [0.2, 0.25) is 35.4 Å². The maximum Gasteiger partial charge on any atom is 0.329 e. The molecule has 22 heteroatoms. The van der Waals surface area contributed by atoms with Crippen molar-refractivity contribution in [3.63, 3.8) is 0 Å². The van der Waals surface area contributed by atoms with E-state index in [0.29, 0.717) is 37.0 Å². The Balaban J connectivity index is 1.58. The van der Waals surface area contributed by atoms with Gasteiger partial charge in [0, 0.05) is 33.6 Å². The van der Waals surface area contributed by atoms with Gasteiger partial charge < -0.3 is 59.6 Å². The second-order valence-electron chi connectivity index (χ2n) is 24.7. The Morgan fingerprint density at radius 3 is 2.07 bits per heavy atom. The summed E-state index contributed by atoms with van der Waals surface area (Å²) >= 11 is 0. The third-order valence-electron chi connectivity index (χ3n) is 16.8. The summed E-state index contributed by atoms with van der Waals surface area (Å²) in [6, 6.07) is 7.26. The minimum absolute atomic E-state index is 0.0861. The van der Waals surface area contributed by atoms with Crippen LogP contribution in [0, 0.1) is 29.6 Å². The van der Waals surface area contributed by atoms with Gasteiger partial charge in [-0.25, -0.2) is 4.79 Å². The van der Waals surface area contributed by atoms with Crippen LogP contribution in [-0.2, 0) is 75.2 Å². The van der Waals surface area contributed by atoms with Crippen LogP contribution in [0.4, 0.5) is 0 Å². The lowest BCUT2D eigenvalue weighted by Crippen LogP contribution is -2.62. The molecule has 3 aliphatic heterocycles. The zero-order valence-electron chi connectivity index (χ0n) is 52.9. The predicted octanol–water partition coefficient (Wildman–Crippen LogP) is 4.54. The molecular formula is C64H95N7O15. The summed E-state index contributed by atoms with van der Waals surface area (Å²) in [5, 5.41) is 20.3. The van der Waals surface area contributed by atoms with Gasteiger partial charge in [0.15, 0.2) is 11.9 Å². The van der Waals surface area contributed by atoms with Crippen LogP contribution in [0.2, 0.25) is 0 Å². The van der Waals surface area contributed by atoms with E-state index < -0.39 is 150 Å². The fraction of sp³-hybridized carbons (Fsp3) is 0.656. The number of hydrogen-bond donors (Lipinski definition) is 4. The highest BCUT2D eigenvalue weighted by Crippen LogP contribution is 2.28. The fourth-order valence-corrected chi connectivity index (χ4v) is 11.4. The molecule has 3 saturated heterocycles. The molecule has 0 bridgehead atoms. The summed E-state index contributed by atoms with van der Waals surface area (Å²) in [6.45, 7) is 19.1. The number of nitrogens with zero attached hydrogens (tertiary/aromatic N) is 4. The number of fused-ring (bicyclic) bond motifs is 1. The van der Waals surface area contributed by atoms with Gasteiger partial charge in [-0.05, 0) is 106 Å². The molecule has 3 fully saturated rings. The van der Waals surface area contributed by atoms with Crippen LogP contribution in [0.3, 0.4) is 0 Å². The van der Waals surface area contributed by atoms with Crippen molar-refractivity contribution in [3.8, 4) is 5.75 Å². The molecule has 5 rings (SSSR count). The number of likely N-dealkylation sites (N-methyl/N-ethyl adjacent to an activating group) is 2. The van der Waals surface area contributed by atoms with Crippen molar-refractivity contribution in [2.24, 2.45) is 29.6 Å². The van der Waals surface area contributed by atoms with Gasteiger partial charge in [0.1, 0.15) is 54.2 Å². The number of amides is 7. The summed E-state index contributed by atoms with van der Waals surface area (Å²) in [5.74, 6) is -9.89. The second kappa shape index (κ2) is 32.2. The van der Waals surface area contributed by atoms with E-state index in [2.05, 4.69) is 16.0 Å². The van der Waals surface area contributed by atoms with Crippen molar-refractivity contribution in [3.05, 3.63) is 65.7 Å². The minimum Gasteiger partial charge on any atom is -0.497 e. The number of Topliss-reactive ketones (excluding diaryl/α,β-unsaturated/α-hetero) is 1. The van der Waals surface area contributed by atoms with Gasteiger partial charge >= 0.3 is 11.9 Å². The summed E-state index contributed by atoms with van der Waals surface area (Å²) in [4.78, 5) is 151. The standard InChI is InChI=1S/C64H95N7O15/c1-15-39(8)53-51(72)34-52(73)86-56(38(6)7)55(74)40(9)57(75)65-46(31-36(2)3)61(79)71-30-20-24-48(71)63(81)69(13)50(33-43-25-27-45(83-14)28-26-43)64(82)85-41(10)54(59(77)66-53)67-58(76)49(32-37(4)5)68(12)62(80)47-23-19-29-70(47)60(78)42(11)84-35-44-21-17-16-18-22-44/h16-18,21-22,25-28,36-42,46-51,53-54,56,72H,15,19-20,23-24,29-35H2,1-14H3,(H,65,75)(H,66,77)(H,67,76)/t39-,40-,41-,42-,46+,47+,48-,49+,50-,51+,53-,54-,56+/m0/s1. The van der Waals surface area contributed by atoms with E-state index in [9.17, 15) is 38.7 Å². The number of cyclic esters (lactones) is 2. The smallest absolute Gasteiger partial charge is 0.329 e. The SMILES string of the molecule is CC[C@H](C)[C@@H]1NC(=O)[C@@H](NC(=O)[C@@H](CC(C)C)N(C)C(=O)[C@H]2CCCN2C(=O)[C@H](C)OCc2ccccc2)[C@H](C)OC(=O)[C@H](Cc2ccc(OC)cc2)N(C)C(=O)[C@@H]2CCCN2C(=O)[C@@H](CC(C)C)NC(=O)[C@@H](C)C(=O)[C@@H](C(C)C)OC(=O)C[C@H]1O. The quantitative estimate of drug-likeness (QED) is 0.118.